The lowest BCUT2D eigenvalue weighted by Crippen LogP contribution is -2.02. The van der Waals surface area contributed by atoms with Crippen molar-refractivity contribution in [3.05, 3.63) is 88.5 Å². The van der Waals surface area contributed by atoms with Gasteiger partial charge in [0.1, 0.15) is 18.1 Å². The summed E-state index contributed by atoms with van der Waals surface area (Å²) < 4.78 is 6.01. The van der Waals surface area contributed by atoms with Crippen LogP contribution >= 0.6 is 0 Å². The molecule has 0 unspecified atom stereocenters. The maximum Gasteiger partial charge on any atom is 0.204 e. The van der Waals surface area contributed by atoms with E-state index >= 15 is 0 Å². The van der Waals surface area contributed by atoms with Gasteiger partial charge in [-0.3, -0.25) is 4.79 Å². The number of nitrogens with zero attached hydrogens (tertiary/aromatic N) is 3. The van der Waals surface area contributed by atoms with Crippen molar-refractivity contribution < 1.29 is 14.6 Å². The number of benzene rings is 3. The third-order valence-electron chi connectivity index (χ3n) is 5.48. The molecular formula is C26H26N4O3. The van der Waals surface area contributed by atoms with E-state index in [2.05, 4.69) is 44.9 Å². The molecule has 0 radical (unpaired) electrons. The van der Waals surface area contributed by atoms with Crippen LogP contribution in [-0.4, -0.2) is 31.5 Å². The first-order valence-corrected chi connectivity index (χ1v) is 10.9. The van der Waals surface area contributed by atoms with Crippen LogP contribution in [0.5, 0.6) is 11.5 Å². The first kappa shape index (κ1) is 22.2. The van der Waals surface area contributed by atoms with Gasteiger partial charge in [-0.2, -0.15) is 5.21 Å². The van der Waals surface area contributed by atoms with Crippen LogP contribution in [0.4, 0.5) is 0 Å². The highest BCUT2D eigenvalue weighted by Gasteiger charge is 2.16. The second-order valence-corrected chi connectivity index (χ2v) is 7.96. The molecule has 0 saturated heterocycles. The van der Waals surface area contributed by atoms with Crippen molar-refractivity contribution in [2.24, 2.45) is 0 Å². The summed E-state index contributed by atoms with van der Waals surface area (Å²) in [7, 11) is 0. The number of carbonyl (C=O) groups is 1. The Balaban J connectivity index is 1.43. The summed E-state index contributed by atoms with van der Waals surface area (Å²) in [6, 6.07) is 19.7. The fraction of sp³-hybridized carbons (Fsp3) is 0.231. The SMILES string of the molecule is CCCc1c(OCc2ccc(Cc3cccc(-c4nn[nH]n4)c3)cc2)ccc(C(C)=O)c1O. The summed E-state index contributed by atoms with van der Waals surface area (Å²) in [6.07, 6.45) is 2.27. The van der Waals surface area contributed by atoms with E-state index in [9.17, 15) is 9.90 Å². The van der Waals surface area contributed by atoms with Gasteiger partial charge < -0.3 is 9.84 Å². The number of phenolic OH excluding ortho intramolecular Hbond substituents is 1. The van der Waals surface area contributed by atoms with Crippen LogP contribution < -0.4 is 4.74 Å². The number of Topliss-reactive ketones (excluding diaryl/α,β-unsaturated/α-hetero) is 1. The maximum absolute atomic E-state index is 11.7. The average Bonchev–Trinajstić information content (AvgIpc) is 3.36. The van der Waals surface area contributed by atoms with E-state index in [0.29, 0.717) is 35.7 Å². The van der Waals surface area contributed by atoms with Crippen LogP contribution in [0.2, 0.25) is 0 Å². The molecule has 0 aliphatic heterocycles. The molecule has 1 aromatic heterocycles. The number of ether oxygens (including phenoxy) is 1. The average molecular weight is 443 g/mol. The number of aromatic nitrogens is 4. The number of aromatic hydroxyl groups is 1. The zero-order valence-corrected chi connectivity index (χ0v) is 18.7. The molecule has 0 aliphatic carbocycles. The van der Waals surface area contributed by atoms with E-state index in [1.807, 2.05) is 31.2 Å². The highest BCUT2D eigenvalue weighted by atomic mass is 16.5. The highest BCUT2D eigenvalue weighted by Crippen LogP contribution is 2.33. The molecular weight excluding hydrogens is 416 g/mol. The van der Waals surface area contributed by atoms with E-state index in [1.54, 1.807) is 12.1 Å². The van der Waals surface area contributed by atoms with Gasteiger partial charge in [-0.05, 0) is 59.9 Å². The molecule has 0 bridgehead atoms. The number of rotatable bonds is 9. The summed E-state index contributed by atoms with van der Waals surface area (Å²) in [4.78, 5) is 11.7. The van der Waals surface area contributed by atoms with Crippen LogP contribution in [0.3, 0.4) is 0 Å². The van der Waals surface area contributed by atoms with Crippen molar-refractivity contribution in [1.29, 1.82) is 0 Å². The predicted molar refractivity (Wildman–Crippen MR) is 125 cm³/mol. The lowest BCUT2D eigenvalue weighted by atomic mass is 10.0. The molecule has 0 atom stereocenters. The van der Waals surface area contributed by atoms with Gasteiger partial charge in [-0.1, -0.05) is 55.8 Å². The second kappa shape index (κ2) is 10.1. The Hall–Kier alpha value is -4.00. The summed E-state index contributed by atoms with van der Waals surface area (Å²) in [5.41, 5.74) is 5.30. The molecule has 0 aliphatic rings. The van der Waals surface area contributed by atoms with E-state index in [4.69, 9.17) is 4.74 Å². The van der Waals surface area contributed by atoms with Crippen LogP contribution in [0.15, 0.2) is 60.7 Å². The van der Waals surface area contributed by atoms with Gasteiger partial charge in [0, 0.05) is 11.1 Å². The van der Waals surface area contributed by atoms with Crippen LogP contribution in [0.1, 0.15) is 52.9 Å². The third kappa shape index (κ3) is 5.26. The molecule has 4 rings (SSSR count). The van der Waals surface area contributed by atoms with Gasteiger partial charge >= 0.3 is 0 Å². The van der Waals surface area contributed by atoms with Gasteiger partial charge in [0.25, 0.3) is 0 Å². The Morgan fingerprint density at radius 1 is 1.03 bits per heavy atom. The molecule has 7 nitrogen and oxygen atoms in total. The minimum absolute atomic E-state index is 0.0280. The molecule has 0 spiro atoms. The number of aromatic amines is 1. The standard InChI is InChI=1S/C26H26N4O3/c1-3-5-23-24(13-12-22(17(2)31)25(23)32)33-16-19-10-8-18(9-11-19)14-20-6-4-7-21(15-20)26-27-29-30-28-26/h4,6-13,15,32H,3,5,14,16H2,1-2H3,(H,27,28,29,30). The molecule has 0 saturated carbocycles. The maximum atomic E-state index is 11.7. The molecule has 33 heavy (non-hydrogen) atoms. The summed E-state index contributed by atoms with van der Waals surface area (Å²) in [6.45, 7) is 3.86. The highest BCUT2D eigenvalue weighted by molar-refractivity contribution is 5.97. The van der Waals surface area contributed by atoms with E-state index in [0.717, 1.165) is 29.5 Å². The molecule has 3 aromatic carbocycles. The normalized spacial score (nSPS) is 10.8. The number of H-pyrrole nitrogens is 1. The van der Waals surface area contributed by atoms with Gasteiger partial charge in [0.15, 0.2) is 5.78 Å². The number of hydrogen-bond acceptors (Lipinski definition) is 6. The topological polar surface area (TPSA) is 101 Å². The number of carbonyl (C=O) groups excluding carboxylic acids is 1. The van der Waals surface area contributed by atoms with Crippen LogP contribution in [0.25, 0.3) is 11.4 Å². The smallest absolute Gasteiger partial charge is 0.204 e. The van der Waals surface area contributed by atoms with Crippen LogP contribution in [-0.2, 0) is 19.4 Å². The lowest BCUT2D eigenvalue weighted by Gasteiger charge is -2.15. The Morgan fingerprint density at radius 2 is 1.82 bits per heavy atom. The minimum atomic E-state index is -0.158. The second-order valence-electron chi connectivity index (χ2n) is 7.96. The summed E-state index contributed by atoms with van der Waals surface area (Å²) >= 11 is 0. The lowest BCUT2D eigenvalue weighted by molar-refractivity contribution is 0.101. The monoisotopic (exact) mass is 442 g/mol. The largest absolute Gasteiger partial charge is 0.507 e. The summed E-state index contributed by atoms with van der Waals surface area (Å²) in [5, 5.41) is 24.7. The summed E-state index contributed by atoms with van der Waals surface area (Å²) in [5.74, 6) is 1.06. The number of hydrogen-bond donors (Lipinski definition) is 2. The van der Waals surface area contributed by atoms with Gasteiger partial charge in [-0.15, -0.1) is 10.2 Å². The fourth-order valence-corrected chi connectivity index (χ4v) is 3.78. The van der Waals surface area contributed by atoms with Gasteiger partial charge in [-0.25, -0.2) is 0 Å². The van der Waals surface area contributed by atoms with E-state index in [-0.39, 0.29) is 11.5 Å². The zero-order chi connectivity index (χ0) is 23.2. The number of tetrazole rings is 1. The number of ketones is 1. The molecule has 7 heteroatoms. The Kier molecular flexibility index (Phi) is 6.78. The number of nitrogens with one attached hydrogen (secondary N) is 1. The van der Waals surface area contributed by atoms with Crippen molar-refractivity contribution in [3.8, 4) is 22.9 Å². The van der Waals surface area contributed by atoms with Crippen molar-refractivity contribution in [2.45, 2.75) is 39.7 Å². The Morgan fingerprint density at radius 3 is 2.52 bits per heavy atom. The molecule has 4 aromatic rings. The van der Waals surface area contributed by atoms with Crippen molar-refractivity contribution in [2.75, 3.05) is 0 Å². The molecule has 2 N–H and O–H groups in total. The van der Waals surface area contributed by atoms with Crippen LogP contribution in [0, 0.1) is 0 Å². The molecule has 0 amide bonds. The first-order valence-electron chi connectivity index (χ1n) is 10.9. The third-order valence-corrected chi connectivity index (χ3v) is 5.48. The molecule has 0 fully saturated rings. The zero-order valence-electron chi connectivity index (χ0n) is 18.7. The predicted octanol–water partition coefficient (Wildman–Crippen LogP) is 4.90. The fourth-order valence-electron chi connectivity index (χ4n) is 3.78. The molecule has 168 valence electrons. The van der Waals surface area contributed by atoms with Crippen molar-refractivity contribution in [1.82, 2.24) is 20.6 Å². The van der Waals surface area contributed by atoms with E-state index in [1.165, 1.54) is 12.5 Å². The Labute approximate surface area is 192 Å². The first-order chi connectivity index (χ1) is 16.0. The quantitative estimate of drug-likeness (QED) is 0.358. The molecule has 1 heterocycles. The van der Waals surface area contributed by atoms with Crippen molar-refractivity contribution >= 4 is 5.78 Å². The number of phenols is 1. The van der Waals surface area contributed by atoms with Gasteiger partial charge in [0.2, 0.25) is 5.82 Å². The van der Waals surface area contributed by atoms with Gasteiger partial charge in [0.05, 0.1) is 5.56 Å². The minimum Gasteiger partial charge on any atom is -0.507 e. The Bertz CT molecular complexity index is 1240. The van der Waals surface area contributed by atoms with E-state index < -0.39 is 0 Å². The van der Waals surface area contributed by atoms with Crippen molar-refractivity contribution in [3.63, 3.8) is 0 Å².